The highest BCUT2D eigenvalue weighted by Crippen LogP contribution is 2.17. The summed E-state index contributed by atoms with van der Waals surface area (Å²) in [5.41, 5.74) is 0. The lowest BCUT2D eigenvalue weighted by Crippen LogP contribution is -2.30. The van der Waals surface area contributed by atoms with E-state index in [-0.39, 0.29) is 31.6 Å². The normalized spacial score (nSPS) is 12.5. The third-order valence-electron chi connectivity index (χ3n) is 12.1. The zero-order valence-electron chi connectivity index (χ0n) is 43.0. The molecule has 0 spiro atoms. The van der Waals surface area contributed by atoms with E-state index in [0.29, 0.717) is 12.8 Å². The lowest BCUT2D eigenvalue weighted by molar-refractivity contribution is -0.166. The van der Waals surface area contributed by atoms with Crippen LogP contribution in [0.15, 0.2) is 60.8 Å². The Morgan fingerprint density at radius 1 is 0.323 bits per heavy atom. The number of carbonyl (C=O) groups is 3. The third kappa shape index (κ3) is 51.9. The fourth-order valence-electron chi connectivity index (χ4n) is 7.93. The van der Waals surface area contributed by atoms with E-state index in [0.717, 1.165) is 70.6 Å². The van der Waals surface area contributed by atoms with Gasteiger partial charge in [0.15, 0.2) is 6.10 Å². The average molecular weight is 909 g/mol. The second-order valence-electron chi connectivity index (χ2n) is 18.5. The van der Waals surface area contributed by atoms with Crippen molar-refractivity contribution < 1.29 is 28.6 Å². The fraction of sp³-hybridized carbons (Fsp3) is 0.780. The van der Waals surface area contributed by atoms with E-state index in [1.807, 2.05) is 6.08 Å². The molecule has 6 nitrogen and oxygen atoms in total. The molecule has 376 valence electrons. The van der Waals surface area contributed by atoms with Crippen LogP contribution in [0.5, 0.6) is 0 Å². The van der Waals surface area contributed by atoms with Crippen LogP contribution in [-0.4, -0.2) is 37.2 Å². The van der Waals surface area contributed by atoms with E-state index in [2.05, 4.69) is 69.4 Å². The van der Waals surface area contributed by atoms with E-state index in [1.54, 1.807) is 6.08 Å². The summed E-state index contributed by atoms with van der Waals surface area (Å²) in [5.74, 6) is -1.04. The summed E-state index contributed by atoms with van der Waals surface area (Å²) in [4.78, 5) is 37.7. The minimum absolute atomic E-state index is 0.100. The molecular weight excluding hydrogens is 805 g/mol. The minimum Gasteiger partial charge on any atom is -0.462 e. The zero-order chi connectivity index (χ0) is 47.2. The molecule has 0 radical (unpaired) electrons. The van der Waals surface area contributed by atoms with Gasteiger partial charge in [-0.05, 0) is 44.9 Å². The van der Waals surface area contributed by atoms with Crippen LogP contribution in [0.4, 0.5) is 0 Å². The van der Waals surface area contributed by atoms with Gasteiger partial charge >= 0.3 is 17.9 Å². The van der Waals surface area contributed by atoms with Crippen molar-refractivity contribution in [1.29, 1.82) is 0 Å². The maximum atomic E-state index is 12.7. The largest absolute Gasteiger partial charge is 0.462 e. The molecule has 0 aromatic rings. The quantitative estimate of drug-likeness (QED) is 0.0262. The second-order valence-corrected chi connectivity index (χ2v) is 18.5. The number of ether oxygens (including phenoxy) is 3. The minimum atomic E-state index is -0.823. The predicted molar refractivity (Wildman–Crippen MR) is 279 cm³/mol. The van der Waals surface area contributed by atoms with Crippen molar-refractivity contribution in [2.75, 3.05) is 13.2 Å². The molecule has 0 aliphatic carbocycles. The molecule has 0 rings (SSSR count). The van der Waals surface area contributed by atoms with Gasteiger partial charge in [0.25, 0.3) is 0 Å². The Labute approximate surface area is 402 Å². The first-order chi connectivity index (χ1) is 32.0. The maximum Gasteiger partial charge on any atom is 0.310 e. The van der Waals surface area contributed by atoms with Crippen molar-refractivity contribution in [1.82, 2.24) is 0 Å². The highest BCUT2D eigenvalue weighted by molar-refractivity contribution is 5.72. The van der Waals surface area contributed by atoms with Crippen LogP contribution in [0.3, 0.4) is 0 Å². The Hall–Kier alpha value is -2.89. The molecule has 0 fully saturated rings. The molecule has 65 heavy (non-hydrogen) atoms. The van der Waals surface area contributed by atoms with Gasteiger partial charge in [0.05, 0.1) is 6.42 Å². The summed E-state index contributed by atoms with van der Waals surface area (Å²) >= 11 is 0. The van der Waals surface area contributed by atoms with Crippen molar-refractivity contribution >= 4 is 17.9 Å². The van der Waals surface area contributed by atoms with Gasteiger partial charge in [-0.2, -0.15) is 0 Å². The molecule has 1 unspecified atom stereocenters. The Bertz CT molecular complexity index is 1180. The van der Waals surface area contributed by atoms with Gasteiger partial charge in [-0.1, -0.05) is 274 Å². The molecule has 0 saturated carbocycles. The Morgan fingerprint density at radius 2 is 0.585 bits per heavy atom. The standard InChI is InChI=1S/C59H104O6/c1-4-7-10-13-16-18-20-22-24-25-26-27-28-29-30-31-32-33-34-36-37-39-41-43-46-49-52-58(61)64-55-56(54-63-57(60)51-48-45-15-12-9-6-3)65-59(62)53-50-47-44-42-40-38-35-23-21-19-17-14-11-8-5-2/h8,11,17,19,23,35,40,42,47,50,56H,4-7,9-10,12-16,18,20-22,24-34,36-39,41,43-46,48-49,51-55H2,1-3H3/b11-8-,19-17-,35-23-,42-40-,50-47-. The van der Waals surface area contributed by atoms with Gasteiger partial charge in [-0.3, -0.25) is 14.4 Å². The van der Waals surface area contributed by atoms with Crippen LogP contribution < -0.4 is 0 Å². The maximum absolute atomic E-state index is 12.7. The summed E-state index contributed by atoms with van der Waals surface area (Å²) in [6.07, 6.45) is 67.2. The Kier molecular flexibility index (Phi) is 51.3. The number of unbranched alkanes of at least 4 members (excludes halogenated alkanes) is 30. The lowest BCUT2D eigenvalue weighted by Gasteiger charge is -2.18. The van der Waals surface area contributed by atoms with E-state index in [4.69, 9.17) is 14.2 Å². The van der Waals surface area contributed by atoms with Crippen molar-refractivity contribution in [3.8, 4) is 0 Å². The van der Waals surface area contributed by atoms with Crippen LogP contribution in [0.1, 0.15) is 278 Å². The molecular formula is C59H104O6. The molecule has 0 aliphatic heterocycles. The van der Waals surface area contributed by atoms with E-state index < -0.39 is 12.1 Å². The number of carbonyl (C=O) groups excluding carboxylic acids is 3. The molecule has 1 atom stereocenters. The van der Waals surface area contributed by atoms with Gasteiger partial charge < -0.3 is 14.2 Å². The molecule has 0 N–H and O–H groups in total. The van der Waals surface area contributed by atoms with E-state index >= 15 is 0 Å². The summed E-state index contributed by atoms with van der Waals surface area (Å²) < 4.78 is 16.6. The molecule has 0 aliphatic rings. The first kappa shape index (κ1) is 62.1. The lowest BCUT2D eigenvalue weighted by atomic mass is 10.0. The highest BCUT2D eigenvalue weighted by Gasteiger charge is 2.19. The number of hydrogen-bond donors (Lipinski definition) is 0. The number of rotatable bonds is 50. The summed E-state index contributed by atoms with van der Waals surface area (Å²) in [6.45, 7) is 6.40. The van der Waals surface area contributed by atoms with Gasteiger partial charge in [0.2, 0.25) is 0 Å². The predicted octanol–water partition coefficient (Wildman–Crippen LogP) is 18.4. The van der Waals surface area contributed by atoms with Crippen molar-refractivity contribution in [3.05, 3.63) is 60.8 Å². The smallest absolute Gasteiger partial charge is 0.310 e. The van der Waals surface area contributed by atoms with Crippen LogP contribution in [0.25, 0.3) is 0 Å². The number of allylic oxidation sites excluding steroid dienone is 9. The highest BCUT2D eigenvalue weighted by atomic mass is 16.6. The van der Waals surface area contributed by atoms with Crippen LogP contribution in [0, 0.1) is 0 Å². The molecule has 0 amide bonds. The number of hydrogen-bond acceptors (Lipinski definition) is 6. The van der Waals surface area contributed by atoms with Crippen LogP contribution >= 0.6 is 0 Å². The summed E-state index contributed by atoms with van der Waals surface area (Å²) in [6, 6.07) is 0. The van der Waals surface area contributed by atoms with Crippen LogP contribution in [0.2, 0.25) is 0 Å². The van der Waals surface area contributed by atoms with Gasteiger partial charge in [0, 0.05) is 12.8 Å². The number of esters is 3. The molecule has 0 saturated heterocycles. The van der Waals surface area contributed by atoms with Gasteiger partial charge in [-0.25, -0.2) is 0 Å². The van der Waals surface area contributed by atoms with E-state index in [9.17, 15) is 14.4 Å². The molecule has 0 heterocycles. The Morgan fingerprint density at radius 3 is 0.877 bits per heavy atom. The first-order valence-corrected chi connectivity index (χ1v) is 27.8. The topological polar surface area (TPSA) is 78.9 Å². The van der Waals surface area contributed by atoms with Crippen molar-refractivity contribution in [2.45, 2.75) is 284 Å². The molecule has 0 aromatic carbocycles. The second kappa shape index (κ2) is 53.7. The van der Waals surface area contributed by atoms with E-state index in [1.165, 1.54) is 167 Å². The van der Waals surface area contributed by atoms with Crippen molar-refractivity contribution in [2.24, 2.45) is 0 Å². The summed E-state index contributed by atoms with van der Waals surface area (Å²) in [7, 11) is 0. The Balaban J connectivity index is 4.12. The SMILES string of the molecule is CC/C=C\C/C=C\C/C=C\C/C=C\C/C=C\CC(=O)OC(COC(=O)CCCCCCCC)COC(=O)CCCCCCCCCCCCCCCCCCCCCCCCCCCC. The van der Waals surface area contributed by atoms with Crippen LogP contribution in [-0.2, 0) is 28.6 Å². The average Bonchev–Trinajstić information content (AvgIpc) is 3.30. The molecule has 6 heteroatoms. The third-order valence-corrected chi connectivity index (χ3v) is 12.1. The van der Waals surface area contributed by atoms with Gasteiger partial charge in [0.1, 0.15) is 13.2 Å². The van der Waals surface area contributed by atoms with Crippen molar-refractivity contribution in [3.63, 3.8) is 0 Å². The molecule has 0 aromatic heterocycles. The summed E-state index contributed by atoms with van der Waals surface area (Å²) in [5, 5.41) is 0. The first-order valence-electron chi connectivity index (χ1n) is 27.8. The molecule has 0 bridgehead atoms. The zero-order valence-corrected chi connectivity index (χ0v) is 43.0. The monoisotopic (exact) mass is 909 g/mol. The fourth-order valence-corrected chi connectivity index (χ4v) is 7.93. The van der Waals surface area contributed by atoms with Gasteiger partial charge in [-0.15, -0.1) is 0 Å².